The number of hydrogen-bond acceptors (Lipinski definition) is 0. The molecule has 0 unspecified atom stereocenters. The molecule has 44 valence electrons. The zero-order chi connectivity index (χ0) is 5.11. The van der Waals surface area contributed by atoms with E-state index < -0.39 is 0 Å². The Labute approximate surface area is 108 Å². The van der Waals surface area contributed by atoms with Crippen LogP contribution in [0.4, 0.5) is 0 Å². The standard InChI is InChI=1S/C5H4ClN.ClH.K/c6-5-3-1-2-4-7-5;;/h1-4H;1H;/q;;+1. The summed E-state index contributed by atoms with van der Waals surface area (Å²) < 4.78 is 0. The molecular formula is C5H5Cl2KN+. The topological polar surface area (TPSA) is 14.1 Å². The molecule has 0 amide bonds. The fourth-order valence-corrected chi connectivity index (χ4v) is 0.507. The van der Waals surface area contributed by atoms with Crippen LogP contribution in [0.2, 0.25) is 5.15 Å². The Morgan fingerprint density at radius 3 is 2.22 bits per heavy atom. The minimum absolute atomic E-state index is 0. The average Bonchev–Trinajstić information content (AvgIpc) is 1.69. The van der Waals surface area contributed by atoms with Crippen LogP contribution in [0.15, 0.2) is 24.4 Å². The Morgan fingerprint density at radius 2 is 2.00 bits per heavy atom. The van der Waals surface area contributed by atoms with E-state index in [1.54, 1.807) is 12.3 Å². The fraction of sp³-hybridized carbons (Fsp3) is 0. The number of aromatic nitrogens is 1. The number of hydrogen-bond donors (Lipinski definition) is 0. The summed E-state index contributed by atoms with van der Waals surface area (Å²) in [5, 5.41) is 0.669. The molecule has 0 radical (unpaired) electrons. The predicted octanol–water partition coefficient (Wildman–Crippen LogP) is -4.84. The molecule has 0 fully saturated rings. The third kappa shape index (κ3) is 5.79. The van der Waals surface area contributed by atoms with Gasteiger partial charge in [-0.25, -0.2) is 4.98 Å². The van der Waals surface area contributed by atoms with Gasteiger partial charge in [-0.15, -0.1) is 0 Å². The molecule has 4 heteroatoms. The van der Waals surface area contributed by atoms with Crippen LogP contribution < -0.4 is 68.8 Å². The first-order valence-electron chi connectivity index (χ1n) is 2.02. The molecule has 1 heterocycles. The van der Waals surface area contributed by atoms with Crippen molar-refractivity contribution in [3.05, 3.63) is 29.5 Å². The van der Waals surface area contributed by atoms with Crippen LogP contribution in [0.1, 0.15) is 0 Å². The molecule has 0 aliphatic heterocycles. The van der Waals surface area contributed by atoms with Crippen LogP contribution in [0.3, 0.4) is 0 Å². The molecule has 0 saturated carbocycles. The Balaban J connectivity index is 0. The van der Waals surface area contributed by atoms with Crippen molar-refractivity contribution in [1.29, 1.82) is 0 Å². The second-order valence-electron chi connectivity index (χ2n) is 1.21. The summed E-state index contributed by atoms with van der Waals surface area (Å²) in [6.45, 7) is 0. The van der Waals surface area contributed by atoms with Crippen LogP contribution >= 0.6 is 11.6 Å². The Kier molecular flexibility index (Phi) is 10.8. The van der Waals surface area contributed by atoms with Crippen molar-refractivity contribution in [2.75, 3.05) is 0 Å². The van der Waals surface area contributed by atoms with Gasteiger partial charge in [-0.2, -0.15) is 0 Å². The molecule has 1 N–H and O–H groups in total. The normalized spacial score (nSPS) is 6.78. The molecule has 0 aromatic carbocycles. The summed E-state index contributed by atoms with van der Waals surface area (Å²) >= 11 is 5.48. The van der Waals surface area contributed by atoms with Gasteiger partial charge in [0.1, 0.15) is 0 Å². The number of aromatic amines is 1. The largest absolute Gasteiger partial charge is 1.00 e. The summed E-state index contributed by atoms with van der Waals surface area (Å²) in [6, 6.07) is 5.55. The maximum atomic E-state index is 5.48. The van der Waals surface area contributed by atoms with Crippen molar-refractivity contribution >= 4 is 11.6 Å². The van der Waals surface area contributed by atoms with Crippen molar-refractivity contribution in [3.8, 4) is 0 Å². The molecule has 1 aromatic heterocycles. The van der Waals surface area contributed by atoms with Gasteiger partial charge in [0, 0.05) is 12.1 Å². The van der Waals surface area contributed by atoms with Crippen LogP contribution in [0, 0.1) is 0 Å². The van der Waals surface area contributed by atoms with E-state index in [-0.39, 0.29) is 63.8 Å². The van der Waals surface area contributed by atoms with E-state index in [1.165, 1.54) is 0 Å². The number of rotatable bonds is 0. The molecular weight excluding hydrogens is 184 g/mol. The first kappa shape index (κ1) is 13.0. The number of H-pyrrole nitrogens is 1. The second kappa shape index (κ2) is 7.47. The molecule has 0 atom stereocenters. The fourth-order valence-electron chi connectivity index (χ4n) is 0.371. The van der Waals surface area contributed by atoms with Crippen molar-refractivity contribution in [3.63, 3.8) is 0 Å². The van der Waals surface area contributed by atoms with E-state index in [9.17, 15) is 0 Å². The molecule has 1 nitrogen and oxygen atoms in total. The van der Waals surface area contributed by atoms with Gasteiger partial charge in [0.15, 0.2) is 6.20 Å². The number of pyridine rings is 1. The molecule has 9 heavy (non-hydrogen) atoms. The summed E-state index contributed by atoms with van der Waals surface area (Å²) in [5.74, 6) is 0. The van der Waals surface area contributed by atoms with E-state index >= 15 is 0 Å². The predicted molar refractivity (Wildman–Crippen MR) is 28.0 cm³/mol. The van der Waals surface area contributed by atoms with Crippen LogP contribution in [-0.4, -0.2) is 0 Å². The van der Waals surface area contributed by atoms with Crippen molar-refractivity contribution in [2.24, 2.45) is 0 Å². The minimum atomic E-state index is 0. The average molecular weight is 189 g/mol. The monoisotopic (exact) mass is 188 g/mol. The molecule has 0 aliphatic carbocycles. The zero-order valence-corrected chi connectivity index (χ0v) is 9.70. The maximum Gasteiger partial charge on any atom is 1.00 e. The molecule has 0 aliphatic rings. The number of halogens is 2. The van der Waals surface area contributed by atoms with Gasteiger partial charge in [-0.3, -0.25) is 0 Å². The maximum absolute atomic E-state index is 5.48. The van der Waals surface area contributed by atoms with Gasteiger partial charge >= 0.3 is 51.4 Å². The quantitative estimate of drug-likeness (QED) is 0.287. The number of nitrogens with one attached hydrogen (secondary N) is 1. The van der Waals surface area contributed by atoms with Gasteiger partial charge in [0.2, 0.25) is 0 Å². The summed E-state index contributed by atoms with van der Waals surface area (Å²) in [6.07, 6.45) is 1.78. The van der Waals surface area contributed by atoms with Crippen LogP contribution in [-0.2, 0) is 0 Å². The summed E-state index contributed by atoms with van der Waals surface area (Å²) in [4.78, 5) is 2.80. The smallest absolute Gasteiger partial charge is 1.00 e. The third-order valence-corrected chi connectivity index (χ3v) is 0.906. The van der Waals surface area contributed by atoms with Gasteiger partial charge in [0.05, 0.1) is 0 Å². The summed E-state index contributed by atoms with van der Waals surface area (Å²) in [5.41, 5.74) is 0. The van der Waals surface area contributed by atoms with Gasteiger partial charge in [-0.1, -0.05) is 0 Å². The Morgan fingerprint density at radius 1 is 1.33 bits per heavy atom. The molecule has 0 spiro atoms. The van der Waals surface area contributed by atoms with E-state index in [0.717, 1.165) is 0 Å². The van der Waals surface area contributed by atoms with Crippen LogP contribution in [0.5, 0.6) is 0 Å². The van der Waals surface area contributed by atoms with E-state index in [2.05, 4.69) is 4.98 Å². The Hall–Kier alpha value is 1.37. The second-order valence-corrected chi connectivity index (χ2v) is 1.62. The molecule has 1 aromatic rings. The Bertz CT molecular complexity index is 145. The van der Waals surface area contributed by atoms with Crippen molar-refractivity contribution in [2.45, 2.75) is 0 Å². The SMILES string of the molecule is Clc1cccc[nH+]1.[Cl-].[K+]. The van der Waals surface area contributed by atoms with Gasteiger partial charge < -0.3 is 12.4 Å². The van der Waals surface area contributed by atoms with E-state index in [4.69, 9.17) is 11.6 Å². The first-order chi connectivity index (χ1) is 3.39. The van der Waals surface area contributed by atoms with Gasteiger partial charge in [-0.05, 0) is 17.7 Å². The van der Waals surface area contributed by atoms with Crippen molar-refractivity contribution < 1.29 is 68.8 Å². The molecule has 1 rings (SSSR count). The third-order valence-electron chi connectivity index (χ3n) is 0.671. The van der Waals surface area contributed by atoms with E-state index in [1.807, 2.05) is 12.1 Å². The zero-order valence-electron chi connectivity index (χ0n) is 5.07. The summed E-state index contributed by atoms with van der Waals surface area (Å²) in [7, 11) is 0. The van der Waals surface area contributed by atoms with Crippen molar-refractivity contribution in [1.82, 2.24) is 0 Å². The van der Waals surface area contributed by atoms with Crippen LogP contribution in [0.25, 0.3) is 0 Å². The first-order valence-corrected chi connectivity index (χ1v) is 2.39. The minimum Gasteiger partial charge on any atom is -1.00 e. The molecule has 0 saturated heterocycles. The van der Waals surface area contributed by atoms with Gasteiger partial charge in [0.25, 0.3) is 5.15 Å². The molecule has 0 bridgehead atoms. The van der Waals surface area contributed by atoms with E-state index in [0.29, 0.717) is 5.15 Å².